The van der Waals surface area contributed by atoms with Gasteiger partial charge in [-0.15, -0.1) is 0 Å². The number of rotatable bonds is 7. The predicted molar refractivity (Wildman–Crippen MR) is 86.0 cm³/mol. The lowest BCUT2D eigenvalue weighted by Gasteiger charge is -2.12. The summed E-state index contributed by atoms with van der Waals surface area (Å²) in [5.41, 5.74) is 0.674. The minimum Gasteiger partial charge on any atom is -0.496 e. The second-order valence-electron chi connectivity index (χ2n) is 4.65. The third kappa shape index (κ3) is 4.10. The third-order valence-electron chi connectivity index (χ3n) is 3.22. The summed E-state index contributed by atoms with van der Waals surface area (Å²) in [7, 11) is 2.81. The fourth-order valence-corrected chi connectivity index (χ4v) is 2.14. The van der Waals surface area contributed by atoms with E-state index in [-0.39, 0.29) is 17.3 Å². The van der Waals surface area contributed by atoms with Crippen molar-refractivity contribution in [3.05, 3.63) is 59.7 Å². The molecule has 0 saturated heterocycles. The van der Waals surface area contributed by atoms with Crippen molar-refractivity contribution in [3.63, 3.8) is 0 Å². The first kappa shape index (κ1) is 17.5. The Morgan fingerprint density at radius 3 is 2.33 bits per heavy atom. The van der Waals surface area contributed by atoms with E-state index in [1.807, 2.05) is 0 Å². The molecule has 126 valence electrons. The SMILES string of the molecule is COc1ccccc1C(=O)C=Cc1cccc(OC)c1OC(F)F. The summed E-state index contributed by atoms with van der Waals surface area (Å²) in [5.74, 6) is 0.140. The molecule has 0 atom stereocenters. The summed E-state index contributed by atoms with van der Waals surface area (Å²) >= 11 is 0. The Morgan fingerprint density at radius 2 is 1.67 bits per heavy atom. The molecule has 0 N–H and O–H groups in total. The topological polar surface area (TPSA) is 44.8 Å². The van der Waals surface area contributed by atoms with Gasteiger partial charge in [-0.2, -0.15) is 8.78 Å². The molecule has 4 nitrogen and oxygen atoms in total. The molecule has 0 fully saturated rings. The Morgan fingerprint density at radius 1 is 1.00 bits per heavy atom. The molecule has 0 radical (unpaired) electrons. The van der Waals surface area contributed by atoms with Gasteiger partial charge in [0.05, 0.1) is 19.8 Å². The molecule has 0 aromatic heterocycles. The monoisotopic (exact) mass is 334 g/mol. The van der Waals surface area contributed by atoms with Gasteiger partial charge in [-0.1, -0.05) is 24.3 Å². The number of allylic oxidation sites excluding steroid dienone is 1. The molecule has 24 heavy (non-hydrogen) atoms. The lowest BCUT2D eigenvalue weighted by Crippen LogP contribution is -2.05. The molecule has 0 heterocycles. The van der Waals surface area contributed by atoms with Crippen LogP contribution in [0.4, 0.5) is 8.78 Å². The number of methoxy groups -OCH3 is 2. The molecule has 0 bridgehead atoms. The average Bonchev–Trinajstić information content (AvgIpc) is 2.59. The minimum absolute atomic E-state index is 0.126. The number of benzene rings is 2. The molecule has 0 aliphatic heterocycles. The van der Waals surface area contributed by atoms with E-state index in [4.69, 9.17) is 9.47 Å². The molecule has 0 spiro atoms. The molecule has 2 aromatic carbocycles. The first-order valence-electron chi connectivity index (χ1n) is 7.04. The second kappa shape index (κ2) is 8.10. The maximum Gasteiger partial charge on any atom is 0.387 e. The van der Waals surface area contributed by atoms with E-state index in [0.717, 1.165) is 0 Å². The minimum atomic E-state index is -3.00. The van der Waals surface area contributed by atoms with E-state index < -0.39 is 6.61 Å². The molecule has 2 rings (SSSR count). The van der Waals surface area contributed by atoms with E-state index in [1.165, 1.54) is 32.4 Å². The summed E-state index contributed by atoms with van der Waals surface area (Å²) in [6.07, 6.45) is 2.67. The highest BCUT2D eigenvalue weighted by molar-refractivity contribution is 6.08. The maximum absolute atomic E-state index is 12.6. The fourth-order valence-electron chi connectivity index (χ4n) is 2.14. The molecular formula is C18H16F2O4. The van der Waals surface area contributed by atoms with Gasteiger partial charge in [0, 0.05) is 5.56 Å². The predicted octanol–water partition coefficient (Wildman–Crippen LogP) is 4.20. The molecule has 2 aromatic rings. The number of hydrogen-bond acceptors (Lipinski definition) is 4. The van der Waals surface area contributed by atoms with Crippen LogP contribution in [0, 0.1) is 0 Å². The smallest absolute Gasteiger partial charge is 0.387 e. The number of ketones is 1. The van der Waals surface area contributed by atoms with Crippen LogP contribution in [-0.4, -0.2) is 26.6 Å². The Labute approximate surface area is 138 Å². The van der Waals surface area contributed by atoms with Crippen LogP contribution in [0.25, 0.3) is 6.08 Å². The standard InChI is InChI=1S/C18H16F2O4/c1-22-15-8-4-3-7-13(15)14(21)11-10-12-6-5-9-16(23-2)17(12)24-18(19)20/h3-11,18H,1-2H3. The van der Waals surface area contributed by atoms with Crippen LogP contribution in [0.5, 0.6) is 17.2 Å². The van der Waals surface area contributed by atoms with Gasteiger partial charge < -0.3 is 14.2 Å². The highest BCUT2D eigenvalue weighted by atomic mass is 19.3. The van der Waals surface area contributed by atoms with Gasteiger partial charge in [-0.25, -0.2) is 0 Å². The molecule has 0 saturated carbocycles. The van der Waals surface area contributed by atoms with Crippen LogP contribution in [0.1, 0.15) is 15.9 Å². The van der Waals surface area contributed by atoms with Crippen molar-refractivity contribution in [3.8, 4) is 17.2 Å². The Balaban J connectivity index is 2.33. The number of para-hydroxylation sites is 2. The lowest BCUT2D eigenvalue weighted by atomic mass is 10.1. The highest BCUT2D eigenvalue weighted by Crippen LogP contribution is 2.33. The summed E-state index contributed by atoms with van der Waals surface area (Å²) in [6, 6.07) is 11.4. The van der Waals surface area contributed by atoms with Crippen LogP contribution < -0.4 is 14.2 Å². The molecule has 0 unspecified atom stereocenters. The molecule has 0 aliphatic rings. The van der Waals surface area contributed by atoms with Crippen molar-refractivity contribution >= 4 is 11.9 Å². The quantitative estimate of drug-likeness (QED) is 0.562. The van der Waals surface area contributed by atoms with E-state index in [2.05, 4.69) is 4.74 Å². The molecule has 0 amide bonds. The van der Waals surface area contributed by atoms with Gasteiger partial charge in [0.1, 0.15) is 5.75 Å². The Kier molecular flexibility index (Phi) is 5.89. The third-order valence-corrected chi connectivity index (χ3v) is 3.22. The van der Waals surface area contributed by atoms with Gasteiger partial charge in [0.2, 0.25) is 0 Å². The Hall–Kier alpha value is -2.89. The van der Waals surface area contributed by atoms with Gasteiger partial charge in [0.15, 0.2) is 17.3 Å². The average molecular weight is 334 g/mol. The summed E-state index contributed by atoms with van der Waals surface area (Å²) < 4.78 is 39.8. The molecule has 6 heteroatoms. The number of carbonyl (C=O) groups is 1. The van der Waals surface area contributed by atoms with E-state index >= 15 is 0 Å². The summed E-state index contributed by atoms with van der Waals surface area (Å²) in [5, 5.41) is 0. The van der Waals surface area contributed by atoms with Crippen LogP contribution in [-0.2, 0) is 0 Å². The van der Waals surface area contributed by atoms with Crippen LogP contribution in [0.2, 0.25) is 0 Å². The maximum atomic E-state index is 12.6. The van der Waals surface area contributed by atoms with E-state index in [0.29, 0.717) is 16.9 Å². The van der Waals surface area contributed by atoms with Crippen molar-refractivity contribution in [2.24, 2.45) is 0 Å². The van der Waals surface area contributed by atoms with E-state index in [1.54, 1.807) is 36.4 Å². The highest BCUT2D eigenvalue weighted by Gasteiger charge is 2.14. The normalized spacial score (nSPS) is 10.9. The zero-order valence-electron chi connectivity index (χ0n) is 13.2. The number of hydrogen-bond donors (Lipinski definition) is 0. The summed E-state index contributed by atoms with van der Waals surface area (Å²) in [6.45, 7) is -3.00. The van der Waals surface area contributed by atoms with Gasteiger partial charge in [0.25, 0.3) is 0 Å². The zero-order valence-corrected chi connectivity index (χ0v) is 13.2. The number of carbonyl (C=O) groups excluding carboxylic acids is 1. The van der Waals surface area contributed by atoms with Crippen molar-refractivity contribution in [2.75, 3.05) is 14.2 Å². The molecule has 0 aliphatic carbocycles. The van der Waals surface area contributed by atoms with Crippen molar-refractivity contribution < 1.29 is 27.8 Å². The van der Waals surface area contributed by atoms with Crippen molar-refractivity contribution in [1.29, 1.82) is 0 Å². The van der Waals surface area contributed by atoms with Gasteiger partial charge in [-0.3, -0.25) is 4.79 Å². The largest absolute Gasteiger partial charge is 0.496 e. The number of ether oxygens (including phenoxy) is 3. The van der Waals surface area contributed by atoms with Crippen molar-refractivity contribution in [1.82, 2.24) is 0 Å². The van der Waals surface area contributed by atoms with Crippen LogP contribution in [0.3, 0.4) is 0 Å². The van der Waals surface area contributed by atoms with Crippen molar-refractivity contribution in [2.45, 2.75) is 6.61 Å². The lowest BCUT2D eigenvalue weighted by molar-refractivity contribution is -0.0513. The van der Waals surface area contributed by atoms with Gasteiger partial charge >= 0.3 is 6.61 Å². The van der Waals surface area contributed by atoms with Gasteiger partial charge in [-0.05, 0) is 30.4 Å². The number of alkyl halides is 2. The van der Waals surface area contributed by atoms with Crippen LogP contribution >= 0.6 is 0 Å². The van der Waals surface area contributed by atoms with E-state index in [9.17, 15) is 13.6 Å². The second-order valence-corrected chi connectivity index (χ2v) is 4.65. The summed E-state index contributed by atoms with van der Waals surface area (Å²) in [4.78, 5) is 12.3. The van der Waals surface area contributed by atoms with Crippen LogP contribution in [0.15, 0.2) is 48.5 Å². The number of halogens is 2. The zero-order chi connectivity index (χ0) is 17.5. The Bertz CT molecular complexity index is 742. The molecular weight excluding hydrogens is 318 g/mol. The first-order chi connectivity index (χ1) is 11.6. The fraction of sp³-hybridized carbons (Fsp3) is 0.167. The first-order valence-corrected chi connectivity index (χ1v) is 7.04.